The minimum atomic E-state index is -5.31. The van der Waals surface area contributed by atoms with Crippen molar-refractivity contribution < 1.29 is 53.7 Å². The van der Waals surface area contributed by atoms with E-state index in [9.17, 15) is 30.7 Å². The topological polar surface area (TPSA) is 27.7 Å². The van der Waals surface area contributed by atoms with Crippen LogP contribution < -0.4 is 0 Å². The average molecular weight is 583 g/mol. The van der Waals surface area contributed by atoms with Crippen molar-refractivity contribution in [3.63, 3.8) is 0 Å². The fourth-order valence-corrected chi connectivity index (χ4v) is 7.30. The largest absolute Gasteiger partial charge is 0.522 e. The first kappa shape index (κ1) is 31.2. The van der Waals surface area contributed by atoms with E-state index in [1.165, 1.54) is 0 Å². The molecule has 228 valence electrons. The van der Waals surface area contributed by atoms with Gasteiger partial charge in [0.05, 0.1) is 12.2 Å². The lowest BCUT2D eigenvalue weighted by molar-refractivity contribution is -0.366. The molecule has 0 N–H and O–H groups in total. The predicted octanol–water partition coefficient (Wildman–Crippen LogP) is 8.05. The normalized spacial score (nSPS) is 44.8. The Morgan fingerprint density at radius 1 is 0.667 bits per heavy atom. The molecule has 4 fully saturated rings. The second-order valence-electron chi connectivity index (χ2n) is 12.0. The molecule has 4 aliphatic rings. The monoisotopic (exact) mass is 582 g/mol. The molecule has 0 amide bonds. The van der Waals surface area contributed by atoms with Gasteiger partial charge in [-0.1, -0.05) is 13.3 Å². The molecule has 1 aliphatic heterocycles. The van der Waals surface area contributed by atoms with Crippen molar-refractivity contribution in [2.75, 3.05) is 6.61 Å². The lowest BCUT2D eigenvalue weighted by Crippen LogP contribution is -2.53. The molecule has 1 saturated heterocycles. The van der Waals surface area contributed by atoms with E-state index < -0.39 is 74.0 Å². The smallest absolute Gasteiger partial charge is 0.378 e. The second-order valence-corrected chi connectivity index (χ2v) is 12.0. The summed E-state index contributed by atoms with van der Waals surface area (Å²) in [6.07, 6.45) is -19.5. The quantitative estimate of drug-likeness (QED) is 0.284. The number of alkyl halides is 9. The van der Waals surface area contributed by atoms with Crippen LogP contribution in [0.4, 0.5) is 39.5 Å². The van der Waals surface area contributed by atoms with E-state index in [-0.39, 0.29) is 24.9 Å². The summed E-state index contributed by atoms with van der Waals surface area (Å²) in [5.41, 5.74) is 0. The standard InChI is InChI=1S/C27H39F9O3/c1-2-14-3-8-23(37-13-14)16-6-4-15(5-7-16)17-9-19(28)24(20(29)10-17)26(32,33)38-18-11-21(30)25(22(31)12-18)39-27(34,35)36/h14-25H,2-13H2,1H3. The Kier molecular flexibility index (Phi) is 10.1. The Hall–Kier alpha value is -0.750. The zero-order chi connectivity index (χ0) is 28.5. The van der Waals surface area contributed by atoms with Crippen molar-refractivity contribution in [3.8, 4) is 0 Å². The first-order chi connectivity index (χ1) is 18.3. The Morgan fingerprint density at radius 2 is 1.23 bits per heavy atom. The molecule has 0 aromatic rings. The summed E-state index contributed by atoms with van der Waals surface area (Å²) in [5, 5.41) is 0. The maximum absolute atomic E-state index is 15.1. The van der Waals surface area contributed by atoms with Crippen LogP contribution in [-0.4, -0.2) is 62.1 Å². The molecule has 39 heavy (non-hydrogen) atoms. The van der Waals surface area contributed by atoms with Gasteiger partial charge in [0.15, 0.2) is 0 Å². The van der Waals surface area contributed by atoms with Crippen LogP contribution in [0.3, 0.4) is 0 Å². The lowest BCUT2D eigenvalue weighted by Gasteiger charge is -2.44. The first-order valence-electron chi connectivity index (χ1n) is 14.2. The fraction of sp³-hybridized carbons (Fsp3) is 1.00. The predicted molar refractivity (Wildman–Crippen MR) is 124 cm³/mol. The van der Waals surface area contributed by atoms with Crippen molar-refractivity contribution in [1.82, 2.24) is 0 Å². The highest BCUT2D eigenvalue weighted by molar-refractivity contribution is 4.96. The molecule has 12 heteroatoms. The zero-order valence-electron chi connectivity index (χ0n) is 22.0. The third kappa shape index (κ3) is 7.76. The number of halogens is 9. The van der Waals surface area contributed by atoms with Crippen LogP contribution in [0.2, 0.25) is 0 Å². The minimum absolute atomic E-state index is 0.0173. The Balaban J connectivity index is 1.27. The molecule has 3 saturated carbocycles. The maximum atomic E-state index is 15.1. The van der Waals surface area contributed by atoms with Crippen molar-refractivity contribution >= 4 is 0 Å². The molecule has 0 radical (unpaired) electrons. The second kappa shape index (κ2) is 12.6. The average Bonchev–Trinajstić information content (AvgIpc) is 2.85. The van der Waals surface area contributed by atoms with Crippen molar-refractivity contribution in [3.05, 3.63) is 0 Å². The van der Waals surface area contributed by atoms with Gasteiger partial charge >= 0.3 is 12.5 Å². The van der Waals surface area contributed by atoms with E-state index in [0.29, 0.717) is 11.8 Å². The molecular weight excluding hydrogens is 543 g/mol. The van der Waals surface area contributed by atoms with Gasteiger partial charge < -0.3 is 9.47 Å². The molecule has 1 heterocycles. The highest BCUT2D eigenvalue weighted by atomic mass is 19.4. The first-order valence-corrected chi connectivity index (χ1v) is 14.2. The number of rotatable bonds is 7. The summed E-state index contributed by atoms with van der Waals surface area (Å²) in [6, 6.07) is 0. The van der Waals surface area contributed by atoms with Crippen LogP contribution >= 0.6 is 0 Å². The minimum Gasteiger partial charge on any atom is -0.378 e. The van der Waals surface area contributed by atoms with E-state index in [1.54, 1.807) is 0 Å². The van der Waals surface area contributed by atoms with Gasteiger partial charge in [0.25, 0.3) is 0 Å². The maximum Gasteiger partial charge on any atom is 0.522 e. The van der Waals surface area contributed by atoms with Gasteiger partial charge in [-0.15, -0.1) is 13.2 Å². The van der Waals surface area contributed by atoms with Crippen molar-refractivity contribution in [1.29, 1.82) is 0 Å². The van der Waals surface area contributed by atoms with E-state index in [4.69, 9.17) is 4.74 Å². The molecule has 0 aromatic carbocycles. The molecule has 6 atom stereocenters. The SMILES string of the molecule is CCC1CCC(C2CCC(C3CC(F)C(C(F)(F)OC4CC(F)C(OC(F)(F)F)C(F)C4)C(F)C3)CC2)OC1. The van der Waals surface area contributed by atoms with Gasteiger partial charge in [-0.2, -0.15) is 8.78 Å². The molecule has 0 aromatic heterocycles. The van der Waals surface area contributed by atoms with Crippen LogP contribution in [0.1, 0.15) is 77.6 Å². The molecule has 0 spiro atoms. The third-order valence-corrected chi connectivity index (χ3v) is 9.50. The Labute approximate surface area is 223 Å². The summed E-state index contributed by atoms with van der Waals surface area (Å²) in [4.78, 5) is 0. The molecule has 3 aliphatic carbocycles. The van der Waals surface area contributed by atoms with E-state index in [1.807, 2.05) is 0 Å². The Morgan fingerprint density at radius 3 is 1.72 bits per heavy atom. The summed E-state index contributed by atoms with van der Waals surface area (Å²) in [5.74, 6) is -1.85. The zero-order valence-corrected chi connectivity index (χ0v) is 22.0. The van der Waals surface area contributed by atoms with Crippen molar-refractivity contribution in [2.45, 2.75) is 133 Å². The highest BCUT2D eigenvalue weighted by Crippen LogP contribution is 2.49. The van der Waals surface area contributed by atoms with Gasteiger partial charge in [-0.25, -0.2) is 17.6 Å². The van der Waals surface area contributed by atoms with Crippen LogP contribution in [0.15, 0.2) is 0 Å². The summed E-state index contributed by atoms with van der Waals surface area (Å²) in [7, 11) is 0. The van der Waals surface area contributed by atoms with E-state index >= 15 is 8.78 Å². The highest BCUT2D eigenvalue weighted by Gasteiger charge is 2.57. The van der Waals surface area contributed by atoms with Crippen LogP contribution in [0, 0.1) is 29.6 Å². The molecule has 0 bridgehead atoms. The third-order valence-electron chi connectivity index (χ3n) is 9.50. The van der Waals surface area contributed by atoms with Gasteiger partial charge in [0.2, 0.25) is 0 Å². The Bertz CT molecular complexity index is 744. The lowest BCUT2D eigenvalue weighted by atomic mass is 9.67. The summed E-state index contributed by atoms with van der Waals surface area (Å²) in [6.45, 7) is 2.91. The molecule has 4 rings (SSSR count). The van der Waals surface area contributed by atoms with Crippen LogP contribution in [-0.2, 0) is 14.2 Å². The van der Waals surface area contributed by atoms with Gasteiger partial charge in [-0.3, -0.25) is 4.74 Å². The number of ether oxygens (including phenoxy) is 3. The molecular formula is C27H39F9O3. The van der Waals surface area contributed by atoms with Gasteiger partial charge in [-0.05, 0) is 75.0 Å². The number of hydrogen-bond acceptors (Lipinski definition) is 3. The van der Waals surface area contributed by atoms with Crippen molar-refractivity contribution in [2.24, 2.45) is 29.6 Å². The van der Waals surface area contributed by atoms with Crippen LogP contribution in [0.5, 0.6) is 0 Å². The number of hydrogen-bond donors (Lipinski definition) is 0. The van der Waals surface area contributed by atoms with E-state index in [0.717, 1.165) is 51.6 Å². The summed E-state index contributed by atoms with van der Waals surface area (Å²) >= 11 is 0. The van der Waals surface area contributed by atoms with Gasteiger partial charge in [0.1, 0.15) is 36.7 Å². The summed E-state index contributed by atoms with van der Waals surface area (Å²) < 4.78 is 139. The molecule has 3 nitrogen and oxygen atoms in total. The van der Waals surface area contributed by atoms with Crippen LogP contribution in [0.25, 0.3) is 0 Å². The van der Waals surface area contributed by atoms with E-state index in [2.05, 4.69) is 16.4 Å². The van der Waals surface area contributed by atoms with Gasteiger partial charge in [0, 0.05) is 19.4 Å². The molecule has 6 unspecified atom stereocenters. The fourth-order valence-electron chi connectivity index (χ4n) is 7.30.